The summed E-state index contributed by atoms with van der Waals surface area (Å²) in [5.74, 6) is 2.54. The van der Waals surface area contributed by atoms with E-state index in [-0.39, 0.29) is 0 Å². The molecule has 94 valence electrons. The van der Waals surface area contributed by atoms with E-state index in [0.29, 0.717) is 11.3 Å². The molecule has 0 unspecified atom stereocenters. The van der Waals surface area contributed by atoms with Crippen LogP contribution in [0.15, 0.2) is 12.3 Å². The van der Waals surface area contributed by atoms with E-state index in [4.69, 9.17) is 0 Å². The SMILES string of the molecule is CCNc1ccnc(C2CCC(C)(C)CC2)n1. The summed E-state index contributed by atoms with van der Waals surface area (Å²) in [6.45, 7) is 7.72. The molecule has 1 saturated carbocycles. The summed E-state index contributed by atoms with van der Waals surface area (Å²) >= 11 is 0. The van der Waals surface area contributed by atoms with Crippen molar-refractivity contribution in [2.45, 2.75) is 52.4 Å². The average molecular weight is 233 g/mol. The van der Waals surface area contributed by atoms with Crippen LogP contribution in [0.3, 0.4) is 0 Å². The molecule has 1 fully saturated rings. The van der Waals surface area contributed by atoms with Gasteiger partial charge in [-0.3, -0.25) is 0 Å². The zero-order valence-electron chi connectivity index (χ0n) is 11.2. The smallest absolute Gasteiger partial charge is 0.133 e. The van der Waals surface area contributed by atoms with E-state index in [1.165, 1.54) is 25.7 Å². The van der Waals surface area contributed by atoms with Crippen molar-refractivity contribution in [3.8, 4) is 0 Å². The van der Waals surface area contributed by atoms with Gasteiger partial charge in [0.2, 0.25) is 0 Å². The Morgan fingerprint density at radius 1 is 1.35 bits per heavy atom. The van der Waals surface area contributed by atoms with Crippen molar-refractivity contribution in [2.75, 3.05) is 11.9 Å². The van der Waals surface area contributed by atoms with Gasteiger partial charge < -0.3 is 5.32 Å². The van der Waals surface area contributed by atoms with Crippen LogP contribution in [-0.2, 0) is 0 Å². The van der Waals surface area contributed by atoms with Gasteiger partial charge in [-0.25, -0.2) is 9.97 Å². The van der Waals surface area contributed by atoms with Crippen LogP contribution in [0.5, 0.6) is 0 Å². The van der Waals surface area contributed by atoms with Crippen LogP contribution in [0.25, 0.3) is 0 Å². The fourth-order valence-corrected chi connectivity index (χ4v) is 2.51. The molecule has 1 heterocycles. The Balaban J connectivity index is 2.05. The van der Waals surface area contributed by atoms with Gasteiger partial charge in [-0.2, -0.15) is 0 Å². The maximum absolute atomic E-state index is 4.61. The molecule has 0 bridgehead atoms. The molecular weight excluding hydrogens is 210 g/mol. The fraction of sp³-hybridized carbons (Fsp3) is 0.714. The molecule has 3 nitrogen and oxygen atoms in total. The van der Waals surface area contributed by atoms with Crippen molar-refractivity contribution in [1.29, 1.82) is 0 Å². The van der Waals surface area contributed by atoms with Crippen molar-refractivity contribution in [3.63, 3.8) is 0 Å². The molecule has 1 aromatic rings. The van der Waals surface area contributed by atoms with Gasteiger partial charge in [0.25, 0.3) is 0 Å². The van der Waals surface area contributed by atoms with E-state index < -0.39 is 0 Å². The monoisotopic (exact) mass is 233 g/mol. The molecule has 17 heavy (non-hydrogen) atoms. The molecule has 0 aliphatic heterocycles. The van der Waals surface area contributed by atoms with Crippen LogP contribution in [-0.4, -0.2) is 16.5 Å². The third-order valence-electron chi connectivity index (χ3n) is 3.74. The molecule has 1 aromatic heterocycles. The van der Waals surface area contributed by atoms with E-state index in [1.807, 2.05) is 12.3 Å². The predicted octanol–water partition coefficient (Wildman–Crippen LogP) is 3.59. The van der Waals surface area contributed by atoms with Crippen LogP contribution in [0.2, 0.25) is 0 Å². The molecule has 1 aliphatic carbocycles. The number of anilines is 1. The van der Waals surface area contributed by atoms with Crippen LogP contribution in [0.1, 0.15) is 58.2 Å². The first kappa shape index (κ1) is 12.3. The second kappa shape index (κ2) is 5.03. The van der Waals surface area contributed by atoms with Gasteiger partial charge in [-0.1, -0.05) is 13.8 Å². The van der Waals surface area contributed by atoms with Gasteiger partial charge >= 0.3 is 0 Å². The Kier molecular flexibility index (Phi) is 3.65. The lowest BCUT2D eigenvalue weighted by Gasteiger charge is -2.33. The molecule has 0 amide bonds. The Morgan fingerprint density at radius 3 is 2.71 bits per heavy atom. The summed E-state index contributed by atoms with van der Waals surface area (Å²) in [5.41, 5.74) is 0.510. The molecular formula is C14H23N3. The highest BCUT2D eigenvalue weighted by molar-refractivity contribution is 5.33. The quantitative estimate of drug-likeness (QED) is 0.867. The highest BCUT2D eigenvalue weighted by Crippen LogP contribution is 2.41. The third kappa shape index (κ3) is 3.18. The standard InChI is InChI=1S/C14H23N3/c1-4-15-12-7-10-16-13(17-12)11-5-8-14(2,3)9-6-11/h7,10-11H,4-6,8-9H2,1-3H3,(H,15,16,17). The van der Waals surface area contributed by atoms with Crippen molar-refractivity contribution in [1.82, 2.24) is 9.97 Å². The Bertz CT molecular complexity index is 363. The number of hydrogen-bond acceptors (Lipinski definition) is 3. The highest BCUT2D eigenvalue weighted by atomic mass is 15.0. The lowest BCUT2D eigenvalue weighted by atomic mass is 9.73. The maximum atomic E-state index is 4.61. The summed E-state index contributed by atoms with van der Waals surface area (Å²) < 4.78 is 0. The van der Waals surface area contributed by atoms with Gasteiger partial charge in [0.05, 0.1) is 0 Å². The van der Waals surface area contributed by atoms with Gasteiger partial charge in [0, 0.05) is 18.7 Å². The molecule has 0 saturated heterocycles. The first-order valence-electron chi connectivity index (χ1n) is 6.67. The summed E-state index contributed by atoms with van der Waals surface area (Å²) in [4.78, 5) is 9.05. The highest BCUT2D eigenvalue weighted by Gasteiger charge is 2.28. The van der Waals surface area contributed by atoms with Gasteiger partial charge in [0.1, 0.15) is 11.6 Å². The minimum atomic E-state index is 0.510. The summed E-state index contributed by atoms with van der Waals surface area (Å²) in [6, 6.07) is 1.94. The second-order valence-electron chi connectivity index (χ2n) is 5.77. The normalized spacial score (nSPS) is 20.2. The number of nitrogens with zero attached hydrogens (tertiary/aromatic N) is 2. The molecule has 2 rings (SSSR count). The van der Waals surface area contributed by atoms with Crippen molar-refractivity contribution >= 4 is 5.82 Å². The third-order valence-corrected chi connectivity index (χ3v) is 3.74. The lowest BCUT2D eigenvalue weighted by molar-refractivity contribution is 0.221. The molecule has 0 spiro atoms. The number of hydrogen-bond donors (Lipinski definition) is 1. The van der Waals surface area contributed by atoms with Gasteiger partial charge in [-0.15, -0.1) is 0 Å². The largest absolute Gasteiger partial charge is 0.370 e. The molecule has 3 heteroatoms. The Labute approximate surface area is 104 Å². The average Bonchev–Trinajstić information content (AvgIpc) is 2.30. The van der Waals surface area contributed by atoms with E-state index >= 15 is 0 Å². The van der Waals surface area contributed by atoms with E-state index in [9.17, 15) is 0 Å². The zero-order valence-corrected chi connectivity index (χ0v) is 11.2. The van der Waals surface area contributed by atoms with Crippen LogP contribution >= 0.6 is 0 Å². The Hall–Kier alpha value is -1.12. The van der Waals surface area contributed by atoms with Gasteiger partial charge in [0.15, 0.2) is 0 Å². The maximum Gasteiger partial charge on any atom is 0.133 e. The van der Waals surface area contributed by atoms with Crippen LogP contribution in [0.4, 0.5) is 5.82 Å². The second-order valence-corrected chi connectivity index (χ2v) is 5.77. The fourth-order valence-electron chi connectivity index (χ4n) is 2.51. The topological polar surface area (TPSA) is 37.8 Å². The van der Waals surface area contributed by atoms with E-state index in [0.717, 1.165) is 18.2 Å². The summed E-state index contributed by atoms with van der Waals surface area (Å²) in [7, 11) is 0. The molecule has 0 aromatic carbocycles. The van der Waals surface area contributed by atoms with E-state index in [1.54, 1.807) is 0 Å². The minimum Gasteiger partial charge on any atom is -0.370 e. The van der Waals surface area contributed by atoms with Crippen molar-refractivity contribution in [2.24, 2.45) is 5.41 Å². The number of aromatic nitrogens is 2. The molecule has 0 radical (unpaired) electrons. The Morgan fingerprint density at radius 2 is 2.06 bits per heavy atom. The lowest BCUT2D eigenvalue weighted by Crippen LogP contribution is -2.21. The van der Waals surface area contributed by atoms with Crippen LogP contribution in [0, 0.1) is 5.41 Å². The number of rotatable bonds is 3. The molecule has 0 atom stereocenters. The number of nitrogens with one attached hydrogen (secondary N) is 1. The molecule has 1 N–H and O–H groups in total. The minimum absolute atomic E-state index is 0.510. The van der Waals surface area contributed by atoms with E-state index in [2.05, 4.69) is 36.1 Å². The first-order valence-corrected chi connectivity index (χ1v) is 6.67. The summed E-state index contributed by atoms with van der Waals surface area (Å²) in [6.07, 6.45) is 6.89. The van der Waals surface area contributed by atoms with Crippen LogP contribution < -0.4 is 5.32 Å². The zero-order chi connectivity index (χ0) is 12.3. The van der Waals surface area contributed by atoms with Gasteiger partial charge in [-0.05, 0) is 44.1 Å². The predicted molar refractivity (Wildman–Crippen MR) is 71.2 cm³/mol. The van der Waals surface area contributed by atoms with Crippen molar-refractivity contribution in [3.05, 3.63) is 18.1 Å². The first-order chi connectivity index (χ1) is 8.11. The molecule has 1 aliphatic rings. The van der Waals surface area contributed by atoms with Crippen molar-refractivity contribution < 1.29 is 0 Å². The summed E-state index contributed by atoms with van der Waals surface area (Å²) in [5, 5.41) is 3.25.